The number of aryl methyl sites for hydroxylation is 1. The van der Waals surface area contributed by atoms with Gasteiger partial charge < -0.3 is 14.5 Å². The Balaban J connectivity index is 1.87. The maximum absolute atomic E-state index is 9.64. The van der Waals surface area contributed by atoms with Crippen molar-refractivity contribution in [3.8, 4) is 11.9 Å². The van der Waals surface area contributed by atoms with Crippen LogP contribution in [0.3, 0.4) is 0 Å². The van der Waals surface area contributed by atoms with Crippen LogP contribution in [0.15, 0.2) is 12.4 Å². The van der Waals surface area contributed by atoms with E-state index in [4.69, 9.17) is 16.3 Å². The van der Waals surface area contributed by atoms with E-state index in [1.807, 2.05) is 27.0 Å². The van der Waals surface area contributed by atoms with Crippen molar-refractivity contribution < 1.29 is 4.74 Å². The van der Waals surface area contributed by atoms with Crippen LogP contribution in [0.25, 0.3) is 0 Å². The molecule has 1 saturated heterocycles. The van der Waals surface area contributed by atoms with E-state index in [2.05, 4.69) is 30.8 Å². The van der Waals surface area contributed by atoms with E-state index in [0.29, 0.717) is 16.5 Å². The van der Waals surface area contributed by atoms with Crippen LogP contribution in [0.4, 0.5) is 11.6 Å². The van der Waals surface area contributed by atoms with E-state index >= 15 is 0 Å². The van der Waals surface area contributed by atoms with Crippen LogP contribution >= 0.6 is 11.6 Å². The molecule has 8 heteroatoms. The topological polar surface area (TPSA) is 78.2 Å². The van der Waals surface area contributed by atoms with Gasteiger partial charge in [-0.2, -0.15) is 5.26 Å². The Kier molecular flexibility index (Phi) is 5.66. The summed E-state index contributed by atoms with van der Waals surface area (Å²) in [6, 6.07) is 4.35. The third kappa shape index (κ3) is 3.76. The summed E-state index contributed by atoms with van der Waals surface area (Å²) >= 11 is 6.29. The maximum atomic E-state index is 9.64. The highest BCUT2D eigenvalue weighted by molar-refractivity contribution is 6.32. The third-order valence-electron chi connectivity index (χ3n) is 5.07. The van der Waals surface area contributed by atoms with E-state index < -0.39 is 0 Å². The number of nitriles is 1. The number of rotatable bonds is 4. The summed E-state index contributed by atoms with van der Waals surface area (Å²) in [7, 11) is 3.61. The molecule has 2 aromatic heterocycles. The highest BCUT2D eigenvalue weighted by Crippen LogP contribution is 2.31. The molecule has 1 aliphatic heterocycles. The van der Waals surface area contributed by atoms with E-state index in [-0.39, 0.29) is 6.04 Å². The zero-order valence-corrected chi connectivity index (χ0v) is 16.8. The van der Waals surface area contributed by atoms with Crippen LogP contribution < -0.4 is 14.5 Å². The van der Waals surface area contributed by atoms with Crippen LogP contribution in [0.1, 0.15) is 29.7 Å². The Morgan fingerprint density at radius 1 is 1.37 bits per heavy atom. The van der Waals surface area contributed by atoms with E-state index in [1.54, 1.807) is 7.11 Å². The average Bonchev–Trinajstić information content (AvgIpc) is 2.71. The minimum absolute atomic E-state index is 0.239. The Labute approximate surface area is 164 Å². The number of methoxy groups -OCH3 is 1. The average molecular weight is 387 g/mol. The lowest BCUT2D eigenvalue weighted by molar-refractivity contribution is 0.396. The van der Waals surface area contributed by atoms with Gasteiger partial charge >= 0.3 is 0 Å². The van der Waals surface area contributed by atoms with E-state index in [1.165, 1.54) is 6.33 Å². The Morgan fingerprint density at radius 2 is 2.15 bits per heavy atom. The molecular formula is C19H23ClN6O. The molecular weight excluding hydrogens is 364 g/mol. The number of ether oxygens (including phenoxy) is 1. The van der Waals surface area contributed by atoms with Crippen molar-refractivity contribution in [1.82, 2.24) is 15.0 Å². The van der Waals surface area contributed by atoms with Gasteiger partial charge in [-0.3, -0.25) is 0 Å². The Hall–Kier alpha value is -2.59. The fourth-order valence-electron chi connectivity index (χ4n) is 3.46. The minimum Gasteiger partial charge on any atom is -0.481 e. The molecule has 1 unspecified atom stereocenters. The molecule has 0 N–H and O–H groups in total. The number of likely N-dealkylation sites (N-methyl/N-ethyl adjacent to an activating group) is 1. The summed E-state index contributed by atoms with van der Waals surface area (Å²) in [5.41, 5.74) is 2.09. The minimum atomic E-state index is 0.239. The zero-order chi connectivity index (χ0) is 19.6. The molecule has 0 radical (unpaired) electrons. The number of nitrogens with zero attached hydrogens (tertiary/aromatic N) is 6. The summed E-state index contributed by atoms with van der Waals surface area (Å²) in [6.07, 6.45) is 3.55. The fraction of sp³-hybridized carbons (Fsp3) is 0.474. The number of hydrogen-bond donors (Lipinski definition) is 0. The van der Waals surface area contributed by atoms with Crippen LogP contribution in [-0.4, -0.2) is 48.2 Å². The molecule has 0 aliphatic carbocycles. The van der Waals surface area contributed by atoms with Gasteiger partial charge in [-0.05, 0) is 32.3 Å². The van der Waals surface area contributed by atoms with Crippen molar-refractivity contribution in [2.75, 3.05) is 37.0 Å². The molecule has 0 amide bonds. The molecule has 2 aromatic rings. The Morgan fingerprint density at radius 3 is 2.85 bits per heavy atom. The first-order valence-electron chi connectivity index (χ1n) is 8.86. The van der Waals surface area contributed by atoms with Gasteiger partial charge in [-0.15, -0.1) is 0 Å². The summed E-state index contributed by atoms with van der Waals surface area (Å²) in [5.74, 6) is 2.07. The quantitative estimate of drug-likeness (QED) is 0.798. The molecule has 1 aliphatic rings. The first-order valence-corrected chi connectivity index (χ1v) is 9.24. The first kappa shape index (κ1) is 19.2. The SMILES string of the molecule is COc1cc(N(C)C2CCCN(c3nc(C)c(Cl)c(C)c3C#N)C2)ncn1. The van der Waals surface area contributed by atoms with Crippen molar-refractivity contribution in [3.63, 3.8) is 0 Å². The van der Waals surface area contributed by atoms with Crippen molar-refractivity contribution in [3.05, 3.63) is 34.2 Å². The van der Waals surface area contributed by atoms with Gasteiger partial charge in [0.15, 0.2) is 0 Å². The van der Waals surface area contributed by atoms with Gasteiger partial charge in [-0.25, -0.2) is 15.0 Å². The van der Waals surface area contributed by atoms with Crippen molar-refractivity contribution in [1.29, 1.82) is 5.26 Å². The number of hydrogen-bond acceptors (Lipinski definition) is 7. The lowest BCUT2D eigenvalue weighted by atomic mass is 10.0. The summed E-state index contributed by atoms with van der Waals surface area (Å²) in [6.45, 7) is 5.37. The van der Waals surface area contributed by atoms with E-state index in [0.717, 1.165) is 48.8 Å². The van der Waals surface area contributed by atoms with E-state index in [9.17, 15) is 5.26 Å². The monoisotopic (exact) mass is 386 g/mol. The molecule has 0 bridgehead atoms. The third-order valence-corrected chi connectivity index (χ3v) is 5.63. The molecule has 27 heavy (non-hydrogen) atoms. The van der Waals surface area contributed by atoms with Crippen molar-refractivity contribution >= 4 is 23.2 Å². The van der Waals surface area contributed by atoms with Crippen molar-refractivity contribution in [2.45, 2.75) is 32.7 Å². The van der Waals surface area contributed by atoms with Crippen molar-refractivity contribution in [2.24, 2.45) is 0 Å². The Bertz CT molecular complexity index is 881. The standard InChI is InChI=1S/C19H23ClN6O/c1-12-15(9-21)19(24-13(2)18(12)20)26-7-5-6-14(10-26)25(3)16-8-17(27-4)23-11-22-16/h8,11,14H,5-7,10H2,1-4H3. The molecule has 0 saturated carbocycles. The second-order valence-corrected chi connectivity index (χ2v) is 7.10. The number of anilines is 2. The number of halogens is 1. The second kappa shape index (κ2) is 7.97. The number of piperidine rings is 1. The highest BCUT2D eigenvalue weighted by Gasteiger charge is 2.28. The molecule has 3 rings (SSSR count). The van der Waals surface area contributed by atoms with Crippen LogP contribution in [0.2, 0.25) is 5.02 Å². The zero-order valence-electron chi connectivity index (χ0n) is 16.0. The number of pyridine rings is 1. The molecule has 0 aromatic carbocycles. The van der Waals surface area contributed by atoms with Crippen LogP contribution in [-0.2, 0) is 0 Å². The van der Waals surface area contributed by atoms with Gasteiger partial charge in [0.25, 0.3) is 0 Å². The van der Waals surface area contributed by atoms with Gasteiger partial charge in [-0.1, -0.05) is 11.6 Å². The molecule has 1 atom stereocenters. The number of aromatic nitrogens is 3. The van der Waals surface area contributed by atoms with Gasteiger partial charge in [0, 0.05) is 32.2 Å². The summed E-state index contributed by atoms with van der Waals surface area (Å²) in [4.78, 5) is 17.4. The first-order chi connectivity index (χ1) is 13.0. The summed E-state index contributed by atoms with van der Waals surface area (Å²) in [5, 5.41) is 10.2. The smallest absolute Gasteiger partial charge is 0.218 e. The molecule has 1 fully saturated rings. The highest BCUT2D eigenvalue weighted by atomic mass is 35.5. The maximum Gasteiger partial charge on any atom is 0.218 e. The van der Waals surface area contributed by atoms with Crippen LogP contribution in [0, 0.1) is 25.2 Å². The van der Waals surface area contributed by atoms with Gasteiger partial charge in [0.1, 0.15) is 24.0 Å². The normalized spacial score (nSPS) is 16.7. The lowest BCUT2D eigenvalue weighted by Crippen LogP contribution is -2.47. The molecule has 3 heterocycles. The predicted octanol–water partition coefficient (Wildman–Crippen LogP) is 3.13. The fourth-order valence-corrected chi connectivity index (χ4v) is 3.60. The summed E-state index contributed by atoms with van der Waals surface area (Å²) < 4.78 is 5.20. The lowest BCUT2D eigenvalue weighted by Gasteiger charge is -2.39. The largest absolute Gasteiger partial charge is 0.481 e. The second-order valence-electron chi connectivity index (χ2n) is 6.72. The van der Waals surface area contributed by atoms with Crippen LogP contribution in [0.5, 0.6) is 5.88 Å². The molecule has 0 spiro atoms. The predicted molar refractivity (Wildman–Crippen MR) is 106 cm³/mol. The van der Waals surface area contributed by atoms with Gasteiger partial charge in [0.2, 0.25) is 5.88 Å². The van der Waals surface area contributed by atoms with Gasteiger partial charge in [0.05, 0.1) is 23.4 Å². The molecule has 7 nitrogen and oxygen atoms in total. The molecule has 142 valence electrons.